The summed E-state index contributed by atoms with van der Waals surface area (Å²) < 4.78 is 0. The van der Waals surface area contributed by atoms with Crippen LogP contribution in [0.1, 0.15) is 117 Å². The van der Waals surface area contributed by atoms with E-state index in [1.54, 1.807) is 0 Å². The molecule has 150 valence electrons. The lowest BCUT2D eigenvalue weighted by Gasteiger charge is -2.38. The van der Waals surface area contributed by atoms with Crippen molar-refractivity contribution in [2.45, 2.75) is 117 Å². The van der Waals surface area contributed by atoms with Crippen LogP contribution in [0.25, 0.3) is 0 Å². The molecular weight excluding hydrogens is 312 g/mol. The number of allylic oxidation sites excluding steroid dienone is 2. The summed E-state index contributed by atoms with van der Waals surface area (Å²) in [5.74, 6) is 6.03. The van der Waals surface area contributed by atoms with Gasteiger partial charge in [-0.15, -0.1) is 0 Å². The Hall–Kier alpha value is -0.260. The largest absolute Gasteiger partial charge is 0.0849 e. The number of rotatable bonds is 8. The predicted molar refractivity (Wildman–Crippen MR) is 115 cm³/mol. The SMILES string of the molecule is CCCCCC1CCC(C2C=CC(C3CCC(CCC)CC3)CC2)CC1. The highest BCUT2D eigenvalue weighted by Crippen LogP contribution is 2.43. The fraction of sp³-hybridized carbons (Fsp3) is 0.923. The molecule has 2 saturated carbocycles. The average Bonchev–Trinajstić information content (AvgIpc) is 2.70. The van der Waals surface area contributed by atoms with Gasteiger partial charge in [0.1, 0.15) is 0 Å². The fourth-order valence-electron chi connectivity index (χ4n) is 6.55. The molecule has 0 aromatic rings. The van der Waals surface area contributed by atoms with E-state index in [1.807, 2.05) is 0 Å². The molecule has 0 aromatic carbocycles. The highest BCUT2D eigenvalue weighted by Gasteiger charge is 2.31. The standard InChI is InChI=1S/C26H46/c1-3-5-6-8-22-11-15-24(16-12-22)26-19-17-25(18-20-26)23-13-9-21(7-4-2)10-14-23/h17,19,21-26H,3-16,18,20H2,1-2H3. The van der Waals surface area contributed by atoms with E-state index < -0.39 is 0 Å². The zero-order valence-electron chi connectivity index (χ0n) is 17.9. The van der Waals surface area contributed by atoms with E-state index >= 15 is 0 Å². The Labute approximate surface area is 164 Å². The quantitative estimate of drug-likeness (QED) is 0.301. The molecule has 0 saturated heterocycles. The molecule has 2 unspecified atom stereocenters. The molecule has 26 heavy (non-hydrogen) atoms. The van der Waals surface area contributed by atoms with Gasteiger partial charge in [0.15, 0.2) is 0 Å². The van der Waals surface area contributed by atoms with Gasteiger partial charge in [-0.1, -0.05) is 90.2 Å². The van der Waals surface area contributed by atoms with E-state index in [-0.39, 0.29) is 0 Å². The Balaban J connectivity index is 1.37. The van der Waals surface area contributed by atoms with E-state index in [0.717, 1.165) is 35.5 Å². The van der Waals surface area contributed by atoms with Crippen LogP contribution in [0.15, 0.2) is 12.2 Å². The molecule has 0 spiro atoms. The lowest BCUT2D eigenvalue weighted by Crippen LogP contribution is -2.26. The molecule has 3 aliphatic carbocycles. The van der Waals surface area contributed by atoms with Crippen molar-refractivity contribution < 1.29 is 0 Å². The smallest absolute Gasteiger partial charge is 0.0205 e. The lowest BCUT2D eigenvalue weighted by molar-refractivity contribution is 0.176. The molecule has 0 heteroatoms. The van der Waals surface area contributed by atoms with E-state index in [2.05, 4.69) is 26.0 Å². The third-order valence-corrected chi connectivity index (χ3v) is 8.35. The highest BCUT2D eigenvalue weighted by molar-refractivity contribution is 5.03. The summed E-state index contributed by atoms with van der Waals surface area (Å²) in [4.78, 5) is 0. The average molecular weight is 359 g/mol. The third kappa shape index (κ3) is 5.87. The minimum atomic E-state index is 0.930. The molecule has 3 rings (SSSR count). The molecule has 0 nitrogen and oxygen atoms in total. The second-order valence-corrected chi connectivity index (χ2v) is 10.1. The summed E-state index contributed by atoms with van der Waals surface area (Å²) in [7, 11) is 0. The normalized spacial score (nSPS) is 38.4. The van der Waals surface area contributed by atoms with Crippen LogP contribution >= 0.6 is 0 Å². The van der Waals surface area contributed by atoms with Crippen LogP contribution < -0.4 is 0 Å². The minimum Gasteiger partial charge on any atom is -0.0849 e. The first kappa shape index (κ1) is 20.5. The van der Waals surface area contributed by atoms with Crippen LogP contribution in [0, 0.1) is 35.5 Å². The van der Waals surface area contributed by atoms with Crippen LogP contribution in [0.2, 0.25) is 0 Å². The number of hydrogen-bond donors (Lipinski definition) is 0. The Kier molecular flexibility index (Phi) is 8.60. The monoisotopic (exact) mass is 358 g/mol. The van der Waals surface area contributed by atoms with Crippen molar-refractivity contribution in [2.75, 3.05) is 0 Å². The van der Waals surface area contributed by atoms with Crippen LogP contribution in [0.4, 0.5) is 0 Å². The molecule has 0 aliphatic heterocycles. The van der Waals surface area contributed by atoms with E-state index in [0.29, 0.717) is 0 Å². The first-order valence-corrected chi connectivity index (χ1v) is 12.5. The summed E-state index contributed by atoms with van der Waals surface area (Å²) in [6, 6.07) is 0. The van der Waals surface area contributed by atoms with Crippen molar-refractivity contribution in [3.63, 3.8) is 0 Å². The highest BCUT2D eigenvalue weighted by atomic mass is 14.4. The molecule has 0 heterocycles. The van der Waals surface area contributed by atoms with E-state index in [9.17, 15) is 0 Å². The fourth-order valence-corrected chi connectivity index (χ4v) is 6.55. The Morgan fingerprint density at radius 3 is 1.46 bits per heavy atom. The Morgan fingerprint density at radius 2 is 1.04 bits per heavy atom. The minimum absolute atomic E-state index is 0.930. The van der Waals surface area contributed by atoms with Gasteiger partial charge in [-0.3, -0.25) is 0 Å². The van der Waals surface area contributed by atoms with Gasteiger partial charge < -0.3 is 0 Å². The van der Waals surface area contributed by atoms with E-state index in [1.165, 1.54) is 103 Å². The summed E-state index contributed by atoms with van der Waals surface area (Å²) in [5, 5.41) is 0. The summed E-state index contributed by atoms with van der Waals surface area (Å²) in [5.41, 5.74) is 0. The predicted octanol–water partition coefficient (Wildman–Crippen LogP) is 8.56. The molecule has 0 aromatic heterocycles. The maximum absolute atomic E-state index is 2.69. The summed E-state index contributed by atoms with van der Waals surface area (Å²) in [6.45, 7) is 4.69. The second kappa shape index (κ2) is 10.9. The van der Waals surface area contributed by atoms with Gasteiger partial charge in [0.2, 0.25) is 0 Å². The van der Waals surface area contributed by atoms with Gasteiger partial charge in [-0.25, -0.2) is 0 Å². The van der Waals surface area contributed by atoms with Crippen molar-refractivity contribution in [3.05, 3.63) is 12.2 Å². The molecular formula is C26H46. The molecule has 0 N–H and O–H groups in total. The molecule has 2 fully saturated rings. The van der Waals surface area contributed by atoms with Crippen molar-refractivity contribution in [1.82, 2.24) is 0 Å². The zero-order valence-corrected chi connectivity index (χ0v) is 17.9. The van der Waals surface area contributed by atoms with Crippen LogP contribution in [-0.2, 0) is 0 Å². The maximum Gasteiger partial charge on any atom is -0.0205 e. The first-order chi connectivity index (χ1) is 12.8. The lowest BCUT2D eigenvalue weighted by atomic mass is 9.67. The molecule has 0 amide bonds. The van der Waals surface area contributed by atoms with E-state index in [4.69, 9.17) is 0 Å². The van der Waals surface area contributed by atoms with Gasteiger partial charge in [-0.2, -0.15) is 0 Å². The van der Waals surface area contributed by atoms with Crippen molar-refractivity contribution in [3.8, 4) is 0 Å². The molecule has 0 radical (unpaired) electrons. The number of unbranched alkanes of at least 4 members (excludes halogenated alkanes) is 2. The molecule has 2 atom stereocenters. The zero-order chi connectivity index (χ0) is 18.2. The van der Waals surface area contributed by atoms with Crippen LogP contribution in [0.3, 0.4) is 0 Å². The maximum atomic E-state index is 2.69. The summed E-state index contributed by atoms with van der Waals surface area (Å²) in [6.07, 6.45) is 29.3. The van der Waals surface area contributed by atoms with Gasteiger partial charge in [-0.05, 0) is 74.0 Å². The number of hydrogen-bond acceptors (Lipinski definition) is 0. The van der Waals surface area contributed by atoms with Crippen molar-refractivity contribution in [1.29, 1.82) is 0 Å². The van der Waals surface area contributed by atoms with Gasteiger partial charge in [0.05, 0.1) is 0 Å². The topological polar surface area (TPSA) is 0 Å². The summed E-state index contributed by atoms with van der Waals surface area (Å²) >= 11 is 0. The Bertz CT molecular complexity index is 392. The van der Waals surface area contributed by atoms with Crippen molar-refractivity contribution >= 4 is 0 Å². The van der Waals surface area contributed by atoms with Crippen LogP contribution in [0.5, 0.6) is 0 Å². The van der Waals surface area contributed by atoms with Gasteiger partial charge >= 0.3 is 0 Å². The van der Waals surface area contributed by atoms with Gasteiger partial charge in [0, 0.05) is 0 Å². The Morgan fingerprint density at radius 1 is 0.538 bits per heavy atom. The molecule has 3 aliphatic rings. The van der Waals surface area contributed by atoms with Gasteiger partial charge in [0.25, 0.3) is 0 Å². The third-order valence-electron chi connectivity index (χ3n) is 8.35. The van der Waals surface area contributed by atoms with Crippen molar-refractivity contribution in [2.24, 2.45) is 35.5 Å². The second-order valence-electron chi connectivity index (χ2n) is 10.1. The molecule has 0 bridgehead atoms. The first-order valence-electron chi connectivity index (χ1n) is 12.5. The van der Waals surface area contributed by atoms with Crippen LogP contribution in [-0.4, -0.2) is 0 Å².